The summed E-state index contributed by atoms with van der Waals surface area (Å²) in [4.78, 5) is 14.3. The van der Waals surface area contributed by atoms with Crippen LogP contribution in [0.25, 0.3) is 0 Å². The van der Waals surface area contributed by atoms with Crippen LogP contribution in [0.4, 0.5) is 0 Å². The van der Waals surface area contributed by atoms with Crippen LogP contribution in [0.1, 0.15) is 23.2 Å². The van der Waals surface area contributed by atoms with Gasteiger partial charge in [0.15, 0.2) is 0 Å². The van der Waals surface area contributed by atoms with E-state index in [9.17, 15) is 4.79 Å². The molecule has 0 radical (unpaired) electrons. The molecule has 2 aliphatic heterocycles. The largest absolute Gasteiger partial charge is 0.332 e. The van der Waals surface area contributed by atoms with Crippen LogP contribution in [-0.2, 0) is 0 Å². The van der Waals surface area contributed by atoms with Gasteiger partial charge in [-0.3, -0.25) is 4.79 Å². The van der Waals surface area contributed by atoms with Gasteiger partial charge in [-0.15, -0.1) is 0 Å². The Hall–Kier alpha value is -1.57. The molecule has 2 bridgehead atoms. The predicted octanol–water partition coefficient (Wildman–Crippen LogP) is 2.48. The Morgan fingerprint density at radius 2 is 1.94 bits per heavy atom. The SMILES string of the molecule is O=C(c1ccccc1)N1CC2C=CC1CC2. The van der Waals surface area contributed by atoms with Crippen molar-refractivity contribution in [1.29, 1.82) is 0 Å². The van der Waals surface area contributed by atoms with Crippen molar-refractivity contribution in [3.8, 4) is 0 Å². The lowest BCUT2D eigenvalue weighted by atomic mass is 9.86. The van der Waals surface area contributed by atoms with E-state index in [2.05, 4.69) is 12.2 Å². The van der Waals surface area contributed by atoms with E-state index in [-0.39, 0.29) is 5.91 Å². The molecule has 1 aromatic carbocycles. The van der Waals surface area contributed by atoms with Crippen LogP contribution in [0.5, 0.6) is 0 Å². The highest BCUT2D eigenvalue weighted by Crippen LogP contribution is 2.30. The Kier molecular flexibility index (Phi) is 2.28. The molecule has 1 amide bonds. The number of nitrogens with zero attached hydrogens (tertiary/aromatic N) is 1. The van der Waals surface area contributed by atoms with Crippen LogP contribution in [0.2, 0.25) is 0 Å². The van der Waals surface area contributed by atoms with Gasteiger partial charge in [-0.2, -0.15) is 0 Å². The number of carbonyl (C=O) groups is 1. The van der Waals surface area contributed by atoms with Crippen LogP contribution in [0, 0.1) is 5.92 Å². The Morgan fingerprint density at radius 1 is 1.12 bits per heavy atom. The molecule has 2 heterocycles. The van der Waals surface area contributed by atoms with Crippen LogP contribution >= 0.6 is 0 Å². The van der Waals surface area contributed by atoms with E-state index in [4.69, 9.17) is 0 Å². The van der Waals surface area contributed by atoms with E-state index in [0.29, 0.717) is 12.0 Å². The highest BCUT2D eigenvalue weighted by molar-refractivity contribution is 5.94. The topological polar surface area (TPSA) is 20.3 Å². The first-order chi connectivity index (χ1) is 7.84. The summed E-state index contributed by atoms with van der Waals surface area (Å²) < 4.78 is 0. The smallest absolute Gasteiger partial charge is 0.254 e. The van der Waals surface area contributed by atoms with E-state index < -0.39 is 0 Å². The summed E-state index contributed by atoms with van der Waals surface area (Å²) in [5, 5.41) is 0. The molecule has 1 aliphatic carbocycles. The maximum Gasteiger partial charge on any atom is 0.254 e. The molecule has 2 atom stereocenters. The number of hydrogen-bond acceptors (Lipinski definition) is 1. The third kappa shape index (κ3) is 1.54. The molecule has 0 spiro atoms. The second kappa shape index (κ2) is 3.78. The molecule has 0 N–H and O–H groups in total. The number of hydrogen-bond donors (Lipinski definition) is 0. The number of carbonyl (C=O) groups excluding carboxylic acids is 1. The van der Waals surface area contributed by atoms with Gasteiger partial charge in [0.25, 0.3) is 5.91 Å². The number of benzene rings is 1. The van der Waals surface area contributed by atoms with E-state index >= 15 is 0 Å². The highest BCUT2D eigenvalue weighted by Gasteiger charge is 2.32. The van der Waals surface area contributed by atoms with Crippen molar-refractivity contribution in [2.24, 2.45) is 5.92 Å². The molecule has 82 valence electrons. The van der Waals surface area contributed by atoms with Gasteiger partial charge in [0.1, 0.15) is 0 Å². The average molecular weight is 213 g/mol. The number of fused-ring (bicyclic) bond motifs is 2. The Balaban J connectivity index is 1.84. The van der Waals surface area contributed by atoms with Gasteiger partial charge in [0.2, 0.25) is 0 Å². The molecule has 2 unspecified atom stereocenters. The number of rotatable bonds is 1. The zero-order valence-electron chi connectivity index (χ0n) is 9.17. The minimum Gasteiger partial charge on any atom is -0.332 e. The van der Waals surface area contributed by atoms with Crippen LogP contribution in [0.3, 0.4) is 0 Å². The lowest BCUT2D eigenvalue weighted by molar-refractivity contribution is 0.0599. The maximum atomic E-state index is 12.3. The Morgan fingerprint density at radius 3 is 2.50 bits per heavy atom. The first-order valence-corrected chi connectivity index (χ1v) is 5.89. The summed E-state index contributed by atoms with van der Waals surface area (Å²) in [6.07, 6.45) is 6.82. The summed E-state index contributed by atoms with van der Waals surface area (Å²) in [5.41, 5.74) is 0.809. The summed E-state index contributed by atoms with van der Waals surface area (Å²) in [6, 6.07) is 9.91. The Bertz CT molecular complexity index is 424. The van der Waals surface area contributed by atoms with Crippen molar-refractivity contribution in [1.82, 2.24) is 4.90 Å². The number of amides is 1. The summed E-state index contributed by atoms with van der Waals surface area (Å²) in [5.74, 6) is 0.761. The predicted molar refractivity (Wildman–Crippen MR) is 63.1 cm³/mol. The van der Waals surface area contributed by atoms with Crippen molar-refractivity contribution in [3.63, 3.8) is 0 Å². The zero-order valence-corrected chi connectivity index (χ0v) is 9.17. The van der Waals surface area contributed by atoms with Gasteiger partial charge >= 0.3 is 0 Å². The summed E-state index contributed by atoms with van der Waals surface area (Å²) in [7, 11) is 0. The van der Waals surface area contributed by atoms with Crippen LogP contribution < -0.4 is 0 Å². The lowest BCUT2D eigenvalue weighted by Crippen LogP contribution is -2.48. The molecule has 1 aromatic rings. The lowest BCUT2D eigenvalue weighted by Gasteiger charge is -2.41. The summed E-state index contributed by atoms with van der Waals surface area (Å²) in [6.45, 7) is 0.898. The van der Waals surface area contributed by atoms with Crippen molar-refractivity contribution in [2.45, 2.75) is 18.9 Å². The van der Waals surface area contributed by atoms with Crippen molar-refractivity contribution in [3.05, 3.63) is 48.0 Å². The molecule has 0 saturated carbocycles. The second-order valence-corrected chi connectivity index (χ2v) is 4.61. The molecular formula is C14H15NO. The maximum absolute atomic E-state index is 12.3. The van der Waals surface area contributed by atoms with Crippen molar-refractivity contribution < 1.29 is 4.79 Å². The standard InChI is InChI=1S/C14H15NO/c16-14(12-4-2-1-3-5-12)15-10-11-6-8-13(15)9-7-11/h1-6,8,11,13H,7,9-10H2. The van der Waals surface area contributed by atoms with E-state index in [0.717, 1.165) is 18.5 Å². The van der Waals surface area contributed by atoms with E-state index in [1.54, 1.807) is 0 Å². The van der Waals surface area contributed by atoms with E-state index in [1.165, 1.54) is 6.42 Å². The molecule has 1 fully saturated rings. The third-order valence-electron chi connectivity index (χ3n) is 3.55. The van der Waals surface area contributed by atoms with Crippen LogP contribution in [-0.4, -0.2) is 23.4 Å². The normalized spacial score (nSPS) is 27.1. The minimum atomic E-state index is 0.180. The van der Waals surface area contributed by atoms with Gasteiger partial charge in [-0.25, -0.2) is 0 Å². The third-order valence-corrected chi connectivity index (χ3v) is 3.55. The first kappa shape index (κ1) is 9.64. The first-order valence-electron chi connectivity index (χ1n) is 5.89. The summed E-state index contributed by atoms with van der Waals surface area (Å²) >= 11 is 0. The minimum absolute atomic E-state index is 0.180. The number of piperidine rings is 1. The molecule has 16 heavy (non-hydrogen) atoms. The van der Waals surface area contributed by atoms with Gasteiger partial charge < -0.3 is 4.90 Å². The second-order valence-electron chi connectivity index (χ2n) is 4.61. The van der Waals surface area contributed by atoms with Crippen molar-refractivity contribution >= 4 is 5.91 Å². The molecule has 2 nitrogen and oxygen atoms in total. The fourth-order valence-corrected chi connectivity index (χ4v) is 2.64. The van der Waals surface area contributed by atoms with Gasteiger partial charge in [0, 0.05) is 12.1 Å². The highest BCUT2D eigenvalue weighted by atomic mass is 16.2. The van der Waals surface area contributed by atoms with Gasteiger partial charge in [-0.05, 0) is 30.9 Å². The van der Waals surface area contributed by atoms with E-state index in [1.807, 2.05) is 35.2 Å². The monoisotopic (exact) mass is 213 g/mol. The fourth-order valence-electron chi connectivity index (χ4n) is 2.64. The molecule has 3 aliphatic rings. The molecule has 1 saturated heterocycles. The molecule has 4 rings (SSSR count). The molecule has 2 heteroatoms. The fraction of sp³-hybridized carbons (Fsp3) is 0.357. The zero-order chi connectivity index (χ0) is 11.0. The quantitative estimate of drug-likeness (QED) is 0.656. The average Bonchev–Trinajstić information content (AvgIpc) is 2.40. The van der Waals surface area contributed by atoms with Gasteiger partial charge in [0.05, 0.1) is 6.04 Å². The molecular weight excluding hydrogens is 198 g/mol. The van der Waals surface area contributed by atoms with Crippen LogP contribution in [0.15, 0.2) is 42.5 Å². The Labute approximate surface area is 95.6 Å². The molecule has 0 aromatic heterocycles. The van der Waals surface area contributed by atoms with Crippen molar-refractivity contribution in [2.75, 3.05) is 6.54 Å². The van der Waals surface area contributed by atoms with Gasteiger partial charge in [-0.1, -0.05) is 30.4 Å².